The lowest BCUT2D eigenvalue weighted by Crippen LogP contribution is -2.57. The molecule has 4 heteroatoms. The highest BCUT2D eigenvalue weighted by Crippen LogP contribution is 2.46. The van der Waals surface area contributed by atoms with Crippen LogP contribution in [0.1, 0.15) is 51.9 Å². The quantitative estimate of drug-likeness (QED) is 0.547. The van der Waals surface area contributed by atoms with Crippen molar-refractivity contribution in [1.82, 2.24) is 4.90 Å². The molecular weight excluding hydrogens is 254 g/mol. The van der Waals surface area contributed by atoms with Crippen molar-refractivity contribution in [3.63, 3.8) is 0 Å². The molecule has 1 amide bonds. The summed E-state index contributed by atoms with van der Waals surface area (Å²) in [6.45, 7) is 2.33. The van der Waals surface area contributed by atoms with E-state index in [1.807, 2.05) is 0 Å². The van der Waals surface area contributed by atoms with Gasteiger partial charge >= 0.3 is 12.1 Å². The smallest absolute Gasteiger partial charge is 0.376 e. The molecule has 0 bridgehead atoms. The topological polar surface area (TPSA) is 46.6 Å². The summed E-state index contributed by atoms with van der Waals surface area (Å²) in [6, 6.07) is 0.0663. The van der Waals surface area contributed by atoms with Crippen molar-refractivity contribution >= 4 is 12.1 Å². The molecule has 1 saturated heterocycles. The fourth-order valence-corrected chi connectivity index (χ4v) is 4.80. The Bertz CT molecular complexity index is 409. The number of nitrogens with zero attached hydrogens (tertiary/aromatic N) is 1. The van der Waals surface area contributed by atoms with Gasteiger partial charge in [-0.1, -0.05) is 32.6 Å². The van der Waals surface area contributed by atoms with E-state index in [1.54, 1.807) is 11.9 Å². The lowest BCUT2D eigenvalue weighted by molar-refractivity contribution is -0.157. The summed E-state index contributed by atoms with van der Waals surface area (Å²) >= 11 is 0. The van der Waals surface area contributed by atoms with Crippen LogP contribution in [0.5, 0.6) is 0 Å². The van der Waals surface area contributed by atoms with Gasteiger partial charge in [0, 0.05) is 13.1 Å². The van der Waals surface area contributed by atoms with Gasteiger partial charge in [0.15, 0.2) is 0 Å². The van der Waals surface area contributed by atoms with Crippen LogP contribution in [0.3, 0.4) is 0 Å². The Hall–Kier alpha value is -1.06. The number of carbonyl (C=O) groups excluding carboxylic acids is 2. The van der Waals surface area contributed by atoms with Gasteiger partial charge in [0.25, 0.3) is 0 Å². The first-order chi connectivity index (χ1) is 9.59. The van der Waals surface area contributed by atoms with E-state index in [9.17, 15) is 9.59 Å². The predicted molar refractivity (Wildman–Crippen MR) is 75.0 cm³/mol. The van der Waals surface area contributed by atoms with Crippen molar-refractivity contribution in [2.75, 3.05) is 7.05 Å². The van der Waals surface area contributed by atoms with Crippen LogP contribution in [-0.4, -0.2) is 30.1 Å². The van der Waals surface area contributed by atoms with Gasteiger partial charge in [0.1, 0.15) is 0 Å². The molecule has 0 aromatic carbocycles. The van der Waals surface area contributed by atoms with Crippen LogP contribution in [0.15, 0.2) is 0 Å². The van der Waals surface area contributed by atoms with Crippen LogP contribution in [0, 0.1) is 23.7 Å². The Morgan fingerprint density at radius 1 is 1.00 bits per heavy atom. The molecular formula is C16H25NO3. The van der Waals surface area contributed by atoms with E-state index in [1.165, 1.54) is 25.7 Å². The number of esters is 1. The highest BCUT2D eigenvalue weighted by Gasteiger charge is 2.50. The second-order valence-corrected chi connectivity index (χ2v) is 6.91. The Kier molecular flexibility index (Phi) is 3.74. The van der Waals surface area contributed by atoms with Gasteiger partial charge in [-0.3, -0.25) is 4.79 Å². The fraction of sp³-hybridized carbons (Fsp3) is 0.875. The molecule has 1 heterocycles. The van der Waals surface area contributed by atoms with Gasteiger partial charge in [0.05, 0.1) is 5.92 Å². The highest BCUT2D eigenvalue weighted by atomic mass is 16.6. The van der Waals surface area contributed by atoms with Crippen LogP contribution in [0.2, 0.25) is 0 Å². The van der Waals surface area contributed by atoms with Crippen molar-refractivity contribution in [3.8, 4) is 0 Å². The Morgan fingerprint density at radius 3 is 2.45 bits per heavy atom. The summed E-state index contributed by atoms with van der Waals surface area (Å²) in [5.41, 5.74) is 0. The molecule has 0 aromatic rings. The molecule has 3 rings (SSSR count). The second-order valence-electron chi connectivity index (χ2n) is 6.91. The standard InChI is InChI=1S/C16H25NO3/c1-10-6-3-4-7-11(10)12-8-5-9-13-14(12)15(18)20-16(19)17(13)2/h10-14H,3-9H2,1-2H3. The molecule has 3 aliphatic rings. The van der Waals surface area contributed by atoms with E-state index in [-0.39, 0.29) is 17.9 Å². The van der Waals surface area contributed by atoms with E-state index in [2.05, 4.69) is 6.92 Å². The summed E-state index contributed by atoms with van der Waals surface area (Å²) in [7, 11) is 1.78. The first-order valence-electron chi connectivity index (χ1n) is 8.08. The molecule has 2 aliphatic carbocycles. The van der Waals surface area contributed by atoms with Gasteiger partial charge < -0.3 is 9.64 Å². The number of cyclic esters (lactones) is 2. The molecule has 4 nitrogen and oxygen atoms in total. The normalized spacial score (nSPS) is 42.1. The number of rotatable bonds is 1. The summed E-state index contributed by atoms with van der Waals surface area (Å²) in [4.78, 5) is 25.6. The summed E-state index contributed by atoms with van der Waals surface area (Å²) in [5.74, 6) is 1.39. The largest absolute Gasteiger partial charge is 0.417 e. The molecule has 5 atom stereocenters. The lowest BCUT2D eigenvalue weighted by atomic mass is 9.62. The summed E-state index contributed by atoms with van der Waals surface area (Å²) < 4.78 is 4.97. The monoisotopic (exact) mass is 279 g/mol. The van der Waals surface area contributed by atoms with Gasteiger partial charge in [-0.25, -0.2) is 4.79 Å². The Morgan fingerprint density at radius 2 is 1.70 bits per heavy atom. The number of fused-ring (bicyclic) bond motifs is 1. The number of amides is 1. The molecule has 2 saturated carbocycles. The SMILES string of the molecule is CC1CCCCC1C1CCCC2C1C(=O)OC(=O)N2C. The average Bonchev–Trinajstić information content (AvgIpc) is 2.45. The zero-order chi connectivity index (χ0) is 14.3. The Labute approximate surface area is 120 Å². The van der Waals surface area contributed by atoms with Crippen LogP contribution in [0.25, 0.3) is 0 Å². The Balaban J connectivity index is 1.84. The van der Waals surface area contributed by atoms with Crippen molar-refractivity contribution < 1.29 is 14.3 Å². The molecule has 0 radical (unpaired) electrons. The van der Waals surface area contributed by atoms with Crippen molar-refractivity contribution in [3.05, 3.63) is 0 Å². The van der Waals surface area contributed by atoms with Crippen LogP contribution >= 0.6 is 0 Å². The van der Waals surface area contributed by atoms with Gasteiger partial charge in [0.2, 0.25) is 0 Å². The molecule has 3 fully saturated rings. The maximum Gasteiger partial charge on any atom is 0.417 e. The lowest BCUT2D eigenvalue weighted by Gasteiger charge is -2.48. The molecule has 0 aromatic heterocycles. The third kappa shape index (κ3) is 2.23. The highest BCUT2D eigenvalue weighted by molar-refractivity contribution is 5.89. The van der Waals surface area contributed by atoms with Crippen LogP contribution in [0.4, 0.5) is 4.79 Å². The molecule has 0 N–H and O–H groups in total. The zero-order valence-electron chi connectivity index (χ0n) is 12.5. The maximum atomic E-state index is 12.3. The maximum absolute atomic E-state index is 12.3. The molecule has 1 aliphatic heterocycles. The summed E-state index contributed by atoms with van der Waals surface area (Å²) in [5, 5.41) is 0. The van der Waals surface area contributed by atoms with E-state index in [0.29, 0.717) is 17.8 Å². The van der Waals surface area contributed by atoms with Crippen molar-refractivity contribution in [2.24, 2.45) is 23.7 Å². The fourth-order valence-electron chi connectivity index (χ4n) is 4.80. The predicted octanol–water partition coefficient (Wildman–Crippen LogP) is 3.21. The first kappa shape index (κ1) is 13.9. The van der Waals surface area contributed by atoms with Gasteiger partial charge in [-0.2, -0.15) is 0 Å². The van der Waals surface area contributed by atoms with Crippen LogP contribution in [-0.2, 0) is 9.53 Å². The van der Waals surface area contributed by atoms with Crippen molar-refractivity contribution in [2.45, 2.75) is 57.9 Å². The number of carbonyl (C=O) groups is 2. The van der Waals surface area contributed by atoms with Crippen molar-refractivity contribution in [1.29, 1.82) is 0 Å². The minimum Gasteiger partial charge on any atom is -0.376 e. The minimum absolute atomic E-state index is 0.0663. The first-order valence-corrected chi connectivity index (χ1v) is 8.08. The van der Waals surface area contributed by atoms with E-state index in [4.69, 9.17) is 4.74 Å². The number of hydrogen-bond donors (Lipinski definition) is 0. The number of hydrogen-bond acceptors (Lipinski definition) is 3. The third-order valence-corrected chi connectivity index (χ3v) is 5.89. The molecule has 20 heavy (non-hydrogen) atoms. The van der Waals surface area contributed by atoms with E-state index >= 15 is 0 Å². The summed E-state index contributed by atoms with van der Waals surface area (Å²) in [6.07, 6.45) is 7.84. The molecule has 112 valence electrons. The molecule has 0 spiro atoms. The average molecular weight is 279 g/mol. The number of ether oxygens (including phenoxy) is 1. The minimum atomic E-state index is -0.464. The van der Waals surface area contributed by atoms with Gasteiger partial charge in [-0.05, 0) is 37.0 Å². The zero-order valence-corrected chi connectivity index (χ0v) is 12.5. The van der Waals surface area contributed by atoms with E-state index in [0.717, 1.165) is 19.3 Å². The van der Waals surface area contributed by atoms with E-state index < -0.39 is 6.09 Å². The molecule has 5 unspecified atom stereocenters. The second kappa shape index (κ2) is 5.38. The van der Waals surface area contributed by atoms with Gasteiger partial charge in [-0.15, -0.1) is 0 Å². The van der Waals surface area contributed by atoms with Crippen LogP contribution < -0.4 is 0 Å². The third-order valence-electron chi connectivity index (χ3n) is 5.89.